The Labute approximate surface area is 185 Å². The largest absolute Gasteiger partial charge is 0.497 e. The van der Waals surface area contributed by atoms with Gasteiger partial charge in [-0.05, 0) is 59.7 Å². The molecular weight excluding hydrogens is 408 g/mol. The van der Waals surface area contributed by atoms with Crippen molar-refractivity contribution < 1.29 is 23.8 Å². The highest BCUT2D eigenvalue weighted by molar-refractivity contribution is 6.04. The van der Waals surface area contributed by atoms with Gasteiger partial charge in [0.2, 0.25) is 0 Å². The van der Waals surface area contributed by atoms with E-state index in [9.17, 15) is 9.59 Å². The van der Waals surface area contributed by atoms with Crippen LogP contribution in [0.2, 0.25) is 0 Å². The number of carbonyl (C=O) groups excluding carboxylic acids is 2. The molecule has 4 rings (SSSR count). The molecule has 7 nitrogen and oxygen atoms in total. The van der Waals surface area contributed by atoms with Gasteiger partial charge in [-0.15, -0.1) is 0 Å². The lowest BCUT2D eigenvalue weighted by Gasteiger charge is -2.29. The van der Waals surface area contributed by atoms with Crippen LogP contribution in [-0.4, -0.2) is 26.2 Å². The number of methoxy groups -OCH3 is 2. The molecule has 0 spiro atoms. The summed E-state index contributed by atoms with van der Waals surface area (Å²) in [6.45, 7) is 0. The fourth-order valence-electron chi connectivity index (χ4n) is 3.48. The average Bonchev–Trinajstić information content (AvgIpc) is 2.84. The van der Waals surface area contributed by atoms with Gasteiger partial charge >= 0.3 is 12.0 Å². The van der Waals surface area contributed by atoms with Crippen molar-refractivity contribution in [1.29, 1.82) is 0 Å². The number of ether oxygens (including phenoxy) is 3. The molecule has 0 aliphatic carbocycles. The van der Waals surface area contributed by atoms with Crippen LogP contribution in [0.25, 0.3) is 5.70 Å². The first-order chi connectivity index (χ1) is 15.6. The minimum Gasteiger partial charge on any atom is -0.497 e. The number of hydrogen-bond donors (Lipinski definition) is 2. The minimum atomic E-state index is -0.695. The monoisotopic (exact) mass is 430 g/mol. The lowest BCUT2D eigenvalue weighted by molar-refractivity contribution is -0.136. The number of amides is 2. The van der Waals surface area contributed by atoms with Gasteiger partial charge in [-0.2, -0.15) is 0 Å². The van der Waals surface area contributed by atoms with Crippen molar-refractivity contribution in [1.82, 2.24) is 10.6 Å². The van der Waals surface area contributed by atoms with Crippen LogP contribution in [0, 0.1) is 0 Å². The van der Waals surface area contributed by atoms with E-state index in [1.807, 2.05) is 42.5 Å². The third-order valence-corrected chi connectivity index (χ3v) is 5.05. The molecule has 0 aromatic heterocycles. The number of nitrogens with one attached hydrogen (secondary N) is 2. The van der Waals surface area contributed by atoms with Crippen molar-refractivity contribution in [2.45, 2.75) is 6.04 Å². The van der Waals surface area contributed by atoms with E-state index in [-0.39, 0.29) is 0 Å². The molecule has 1 aliphatic rings. The first kappa shape index (κ1) is 21.0. The van der Waals surface area contributed by atoms with Gasteiger partial charge in [0.15, 0.2) is 0 Å². The van der Waals surface area contributed by atoms with Crippen molar-refractivity contribution in [3.8, 4) is 17.2 Å². The molecule has 2 amide bonds. The van der Waals surface area contributed by atoms with Crippen LogP contribution in [0.15, 0.2) is 84.4 Å². The maximum atomic E-state index is 12.8. The van der Waals surface area contributed by atoms with Gasteiger partial charge in [0.05, 0.1) is 31.5 Å². The summed E-state index contributed by atoms with van der Waals surface area (Å²) in [6, 6.07) is 22.6. The van der Waals surface area contributed by atoms with Gasteiger partial charge in [-0.25, -0.2) is 9.59 Å². The van der Waals surface area contributed by atoms with Crippen LogP contribution in [0.4, 0.5) is 4.79 Å². The molecule has 1 unspecified atom stereocenters. The van der Waals surface area contributed by atoms with Crippen LogP contribution in [0.5, 0.6) is 17.2 Å². The van der Waals surface area contributed by atoms with Crippen molar-refractivity contribution in [3.05, 3.63) is 95.6 Å². The molecule has 0 fully saturated rings. The van der Waals surface area contributed by atoms with Crippen molar-refractivity contribution in [2.24, 2.45) is 0 Å². The molecule has 1 atom stereocenters. The quantitative estimate of drug-likeness (QED) is 0.565. The summed E-state index contributed by atoms with van der Waals surface area (Å²) in [7, 11) is 2.88. The number of carbonyl (C=O) groups is 2. The summed E-state index contributed by atoms with van der Waals surface area (Å²) in [6.07, 6.45) is 0. The molecule has 1 heterocycles. The lowest BCUT2D eigenvalue weighted by Crippen LogP contribution is -2.45. The van der Waals surface area contributed by atoms with Crippen molar-refractivity contribution in [3.63, 3.8) is 0 Å². The van der Waals surface area contributed by atoms with Crippen molar-refractivity contribution >= 4 is 17.7 Å². The van der Waals surface area contributed by atoms with Gasteiger partial charge in [-0.1, -0.05) is 30.3 Å². The highest BCUT2D eigenvalue weighted by atomic mass is 16.5. The molecule has 2 N–H and O–H groups in total. The fourth-order valence-corrected chi connectivity index (χ4v) is 3.48. The van der Waals surface area contributed by atoms with Crippen LogP contribution in [0.3, 0.4) is 0 Å². The van der Waals surface area contributed by atoms with Gasteiger partial charge in [0.1, 0.15) is 17.2 Å². The van der Waals surface area contributed by atoms with Crippen LogP contribution >= 0.6 is 0 Å². The maximum absolute atomic E-state index is 12.8. The third kappa shape index (κ3) is 4.41. The van der Waals surface area contributed by atoms with Crippen LogP contribution in [0.1, 0.15) is 17.2 Å². The Balaban J connectivity index is 1.70. The second kappa shape index (κ2) is 9.26. The SMILES string of the molecule is COC(=O)C1=C(c2ccc(OC)cc2)NC(=O)NC1c1ccc(Oc2ccccc2)cc1. The number of rotatable bonds is 6. The molecule has 7 heteroatoms. The second-order valence-corrected chi connectivity index (χ2v) is 7.02. The first-order valence-electron chi connectivity index (χ1n) is 9.96. The Morgan fingerprint density at radius 2 is 1.44 bits per heavy atom. The highest BCUT2D eigenvalue weighted by Crippen LogP contribution is 2.33. The van der Waals surface area contributed by atoms with E-state index in [0.29, 0.717) is 39.6 Å². The highest BCUT2D eigenvalue weighted by Gasteiger charge is 2.34. The summed E-state index contributed by atoms with van der Waals surface area (Å²) in [5.41, 5.74) is 2.06. The second-order valence-electron chi connectivity index (χ2n) is 7.02. The van der Waals surface area contributed by atoms with Gasteiger partial charge < -0.3 is 24.8 Å². The molecule has 1 aliphatic heterocycles. The van der Waals surface area contributed by atoms with Gasteiger partial charge in [0, 0.05) is 0 Å². The van der Waals surface area contributed by atoms with E-state index in [4.69, 9.17) is 14.2 Å². The van der Waals surface area contributed by atoms with Gasteiger partial charge in [0.25, 0.3) is 0 Å². The number of hydrogen-bond acceptors (Lipinski definition) is 5. The smallest absolute Gasteiger partial charge is 0.338 e. The zero-order valence-electron chi connectivity index (χ0n) is 17.6. The Hall–Kier alpha value is -4.26. The molecule has 162 valence electrons. The predicted octanol–water partition coefficient (Wildman–Crippen LogP) is 4.43. The molecule has 3 aromatic carbocycles. The van der Waals surface area contributed by atoms with Crippen LogP contribution < -0.4 is 20.1 Å². The van der Waals surface area contributed by atoms with E-state index < -0.39 is 18.0 Å². The molecule has 3 aromatic rings. The fraction of sp³-hybridized carbons (Fsp3) is 0.120. The van der Waals surface area contributed by atoms with E-state index >= 15 is 0 Å². The topological polar surface area (TPSA) is 85.9 Å². The summed E-state index contributed by atoms with van der Waals surface area (Å²) < 4.78 is 16.1. The van der Waals surface area contributed by atoms with Gasteiger partial charge in [-0.3, -0.25) is 0 Å². The third-order valence-electron chi connectivity index (χ3n) is 5.05. The predicted molar refractivity (Wildman–Crippen MR) is 119 cm³/mol. The summed E-state index contributed by atoms with van der Waals surface area (Å²) in [5, 5.41) is 5.56. The number of benzene rings is 3. The Morgan fingerprint density at radius 3 is 2.06 bits per heavy atom. The molecular formula is C25H22N2O5. The zero-order chi connectivity index (χ0) is 22.5. The maximum Gasteiger partial charge on any atom is 0.338 e. The van der Waals surface area contributed by atoms with E-state index in [1.54, 1.807) is 43.5 Å². The summed E-state index contributed by atoms with van der Waals surface area (Å²) >= 11 is 0. The Bertz CT molecular complexity index is 1140. The number of esters is 1. The number of urea groups is 1. The molecule has 0 radical (unpaired) electrons. The standard InChI is InChI=1S/C25H22N2O5/c1-30-18-12-8-16(9-13-18)22-21(24(28)31-2)23(27-25(29)26-22)17-10-14-20(15-11-17)32-19-6-4-3-5-7-19/h3-15,23H,1-2H3,(H2,26,27,29). The van der Waals surface area contributed by atoms with Crippen LogP contribution in [-0.2, 0) is 9.53 Å². The van der Waals surface area contributed by atoms with Crippen molar-refractivity contribution in [2.75, 3.05) is 14.2 Å². The Morgan fingerprint density at radius 1 is 0.812 bits per heavy atom. The average molecular weight is 430 g/mol. The summed E-state index contributed by atoms with van der Waals surface area (Å²) in [4.78, 5) is 25.2. The molecule has 0 bridgehead atoms. The Kier molecular flexibility index (Phi) is 6.07. The lowest BCUT2D eigenvalue weighted by atomic mass is 9.92. The summed E-state index contributed by atoms with van der Waals surface area (Å²) in [5.74, 6) is 1.48. The normalized spacial score (nSPS) is 15.4. The van der Waals surface area contributed by atoms with E-state index in [1.165, 1.54) is 7.11 Å². The van der Waals surface area contributed by atoms with E-state index in [2.05, 4.69) is 10.6 Å². The zero-order valence-corrected chi connectivity index (χ0v) is 17.6. The molecule has 0 saturated carbocycles. The molecule has 0 saturated heterocycles. The first-order valence-corrected chi connectivity index (χ1v) is 9.96. The number of para-hydroxylation sites is 1. The van der Waals surface area contributed by atoms with E-state index in [0.717, 1.165) is 0 Å². The molecule has 32 heavy (non-hydrogen) atoms. The minimum absolute atomic E-state index is 0.300.